The molecule has 3 rings (SSSR count). The van der Waals surface area contributed by atoms with Gasteiger partial charge in [0, 0.05) is 18.6 Å². The van der Waals surface area contributed by atoms with Crippen molar-refractivity contribution in [3.8, 4) is 5.69 Å². The lowest BCUT2D eigenvalue weighted by Gasteiger charge is -2.16. The molecule has 3 aromatic rings. The third kappa shape index (κ3) is 4.30. The molecule has 1 aromatic heterocycles. The fourth-order valence-electron chi connectivity index (χ4n) is 2.76. The number of aryl methyl sites for hydroxylation is 1. The second kappa shape index (κ2) is 8.45. The second-order valence-electron chi connectivity index (χ2n) is 6.72. The Morgan fingerprint density at radius 1 is 1.14 bits per heavy atom. The molecule has 0 aliphatic carbocycles. The molecular weight excluding hydrogens is 392 g/mol. The SMILES string of the molecule is CCN(C)C(=O)c1nn(-c2cccc(Cl)c2)c(=O)n(Cc2ccc(C)cc2)c1=O. The van der Waals surface area contributed by atoms with Gasteiger partial charge in [-0.15, -0.1) is 0 Å². The average molecular weight is 413 g/mol. The van der Waals surface area contributed by atoms with E-state index in [0.717, 1.165) is 20.4 Å². The monoisotopic (exact) mass is 412 g/mol. The van der Waals surface area contributed by atoms with E-state index >= 15 is 0 Å². The fraction of sp³-hybridized carbons (Fsp3) is 0.238. The quantitative estimate of drug-likeness (QED) is 0.645. The Bertz CT molecular complexity index is 1170. The highest BCUT2D eigenvalue weighted by atomic mass is 35.5. The Morgan fingerprint density at radius 3 is 2.45 bits per heavy atom. The standard InChI is InChI=1S/C21H21ClN4O3/c1-4-24(3)19(27)18-20(28)25(13-15-10-8-14(2)9-11-15)21(29)26(23-18)17-7-5-6-16(22)12-17/h5-12H,4,13H2,1-3H3. The van der Waals surface area contributed by atoms with E-state index in [1.807, 2.05) is 31.2 Å². The highest BCUT2D eigenvalue weighted by Crippen LogP contribution is 2.13. The summed E-state index contributed by atoms with van der Waals surface area (Å²) in [5.41, 5.74) is 0.510. The number of halogens is 1. The number of aromatic nitrogens is 3. The van der Waals surface area contributed by atoms with Gasteiger partial charge in [-0.05, 0) is 37.6 Å². The van der Waals surface area contributed by atoms with Gasteiger partial charge < -0.3 is 4.90 Å². The van der Waals surface area contributed by atoms with Crippen molar-refractivity contribution in [3.63, 3.8) is 0 Å². The van der Waals surface area contributed by atoms with Gasteiger partial charge in [-0.3, -0.25) is 14.2 Å². The smallest absolute Gasteiger partial charge is 0.340 e. The van der Waals surface area contributed by atoms with Crippen LogP contribution in [0.3, 0.4) is 0 Å². The summed E-state index contributed by atoms with van der Waals surface area (Å²) in [5, 5.41) is 4.50. The Kier molecular flexibility index (Phi) is 5.98. The molecule has 150 valence electrons. The first-order valence-corrected chi connectivity index (χ1v) is 9.50. The summed E-state index contributed by atoms with van der Waals surface area (Å²) >= 11 is 6.05. The molecule has 0 fully saturated rings. The molecular formula is C21H21ClN4O3. The summed E-state index contributed by atoms with van der Waals surface area (Å²) in [6.07, 6.45) is 0. The Balaban J connectivity index is 2.24. The molecule has 0 aliphatic rings. The van der Waals surface area contributed by atoms with Crippen molar-refractivity contribution in [2.75, 3.05) is 13.6 Å². The van der Waals surface area contributed by atoms with Gasteiger partial charge in [0.05, 0.1) is 12.2 Å². The first-order chi connectivity index (χ1) is 13.8. The van der Waals surface area contributed by atoms with Crippen molar-refractivity contribution in [1.82, 2.24) is 19.2 Å². The van der Waals surface area contributed by atoms with E-state index < -0.39 is 17.2 Å². The van der Waals surface area contributed by atoms with E-state index in [2.05, 4.69) is 5.10 Å². The summed E-state index contributed by atoms with van der Waals surface area (Å²) in [5.74, 6) is -0.550. The summed E-state index contributed by atoms with van der Waals surface area (Å²) in [4.78, 5) is 40.2. The number of benzene rings is 2. The molecule has 0 unspecified atom stereocenters. The minimum absolute atomic E-state index is 0.0250. The van der Waals surface area contributed by atoms with Crippen LogP contribution in [0.15, 0.2) is 58.1 Å². The molecule has 1 amide bonds. The van der Waals surface area contributed by atoms with Crippen LogP contribution in [0.2, 0.25) is 5.02 Å². The minimum Gasteiger partial charge on any atom is -0.340 e. The summed E-state index contributed by atoms with van der Waals surface area (Å²) in [7, 11) is 1.57. The van der Waals surface area contributed by atoms with Crippen molar-refractivity contribution in [1.29, 1.82) is 0 Å². The van der Waals surface area contributed by atoms with Crippen molar-refractivity contribution in [2.24, 2.45) is 0 Å². The molecule has 7 nitrogen and oxygen atoms in total. The highest BCUT2D eigenvalue weighted by molar-refractivity contribution is 6.30. The zero-order valence-corrected chi connectivity index (χ0v) is 17.2. The number of carbonyl (C=O) groups is 1. The maximum absolute atomic E-state index is 13.1. The first kappa shape index (κ1) is 20.5. The van der Waals surface area contributed by atoms with Crippen LogP contribution in [0.4, 0.5) is 0 Å². The number of hydrogen-bond acceptors (Lipinski definition) is 4. The van der Waals surface area contributed by atoms with Crippen molar-refractivity contribution in [3.05, 3.63) is 91.2 Å². The van der Waals surface area contributed by atoms with Gasteiger partial charge in [0.25, 0.3) is 11.5 Å². The van der Waals surface area contributed by atoms with Crippen LogP contribution < -0.4 is 11.2 Å². The third-order valence-electron chi connectivity index (χ3n) is 4.60. The number of nitrogens with zero attached hydrogens (tertiary/aromatic N) is 4. The van der Waals surface area contributed by atoms with Crippen LogP contribution in [-0.4, -0.2) is 38.7 Å². The van der Waals surface area contributed by atoms with Crippen LogP contribution >= 0.6 is 11.6 Å². The Hall–Kier alpha value is -3.19. The number of carbonyl (C=O) groups excluding carboxylic acids is 1. The highest BCUT2D eigenvalue weighted by Gasteiger charge is 2.22. The zero-order valence-electron chi connectivity index (χ0n) is 16.4. The van der Waals surface area contributed by atoms with Gasteiger partial charge in [0.2, 0.25) is 5.69 Å². The van der Waals surface area contributed by atoms with E-state index in [0.29, 0.717) is 17.3 Å². The van der Waals surface area contributed by atoms with E-state index in [1.165, 1.54) is 4.90 Å². The maximum atomic E-state index is 13.1. The molecule has 0 aliphatic heterocycles. The molecule has 0 saturated heterocycles. The lowest BCUT2D eigenvalue weighted by molar-refractivity contribution is 0.0791. The maximum Gasteiger partial charge on any atom is 0.352 e. The molecule has 2 aromatic carbocycles. The molecule has 1 heterocycles. The van der Waals surface area contributed by atoms with E-state index in [1.54, 1.807) is 38.2 Å². The van der Waals surface area contributed by atoms with Gasteiger partial charge in [-0.2, -0.15) is 9.78 Å². The first-order valence-electron chi connectivity index (χ1n) is 9.13. The number of rotatable bonds is 5. The average Bonchev–Trinajstić information content (AvgIpc) is 2.71. The fourth-order valence-corrected chi connectivity index (χ4v) is 2.95. The summed E-state index contributed by atoms with van der Waals surface area (Å²) < 4.78 is 2.06. The van der Waals surface area contributed by atoms with E-state index in [4.69, 9.17) is 11.6 Å². The van der Waals surface area contributed by atoms with Crippen molar-refractivity contribution >= 4 is 17.5 Å². The molecule has 0 radical (unpaired) electrons. The molecule has 0 saturated carbocycles. The molecule has 0 bridgehead atoms. The predicted octanol–water partition coefficient (Wildman–Crippen LogP) is 2.50. The van der Waals surface area contributed by atoms with Crippen LogP contribution in [0.25, 0.3) is 5.69 Å². The van der Waals surface area contributed by atoms with Crippen molar-refractivity contribution in [2.45, 2.75) is 20.4 Å². The van der Waals surface area contributed by atoms with E-state index in [-0.39, 0.29) is 12.2 Å². The van der Waals surface area contributed by atoms with Gasteiger partial charge in [0.15, 0.2) is 0 Å². The Morgan fingerprint density at radius 2 is 1.83 bits per heavy atom. The predicted molar refractivity (Wildman–Crippen MR) is 112 cm³/mol. The van der Waals surface area contributed by atoms with Gasteiger partial charge >= 0.3 is 5.69 Å². The van der Waals surface area contributed by atoms with E-state index in [9.17, 15) is 14.4 Å². The minimum atomic E-state index is -0.723. The van der Waals surface area contributed by atoms with Crippen LogP contribution in [0.5, 0.6) is 0 Å². The van der Waals surface area contributed by atoms with Gasteiger partial charge in [-0.1, -0.05) is 47.5 Å². The second-order valence-corrected chi connectivity index (χ2v) is 7.16. The topological polar surface area (TPSA) is 77.2 Å². The molecule has 8 heteroatoms. The van der Waals surface area contributed by atoms with Crippen LogP contribution in [0.1, 0.15) is 28.5 Å². The van der Waals surface area contributed by atoms with Crippen molar-refractivity contribution < 1.29 is 4.79 Å². The molecule has 0 atom stereocenters. The lowest BCUT2D eigenvalue weighted by atomic mass is 10.1. The largest absolute Gasteiger partial charge is 0.352 e. The van der Waals surface area contributed by atoms with Crippen LogP contribution in [0, 0.1) is 6.92 Å². The molecule has 0 N–H and O–H groups in total. The lowest BCUT2D eigenvalue weighted by Crippen LogP contribution is -2.46. The summed E-state index contributed by atoms with van der Waals surface area (Å²) in [6, 6.07) is 14.0. The molecule has 29 heavy (non-hydrogen) atoms. The van der Waals surface area contributed by atoms with Gasteiger partial charge in [-0.25, -0.2) is 4.79 Å². The van der Waals surface area contributed by atoms with Gasteiger partial charge in [0.1, 0.15) is 0 Å². The number of amides is 1. The number of hydrogen-bond donors (Lipinski definition) is 0. The molecule has 0 spiro atoms. The van der Waals surface area contributed by atoms with Crippen LogP contribution in [-0.2, 0) is 6.54 Å². The summed E-state index contributed by atoms with van der Waals surface area (Å²) in [6.45, 7) is 4.16. The Labute approximate surface area is 172 Å². The zero-order chi connectivity index (χ0) is 21.1. The normalized spacial score (nSPS) is 10.8. The third-order valence-corrected chi connectivity index (χ3v) is 4.83.